The Balaban J connectivity index is 1.77. The van der Waals surface area contributed by atoms with Crippen LogP contribution < -0.4 is 5.32 Å². The molecule has 4 rings (SSSR count). The smallest absolute Gasteiger partial charge is 0.226 e. The largest absolute Gasteiger partial charge is 0.311 e. The summed E-state index contributed by atoms with van der Waals surface area (Å²) in [6, 6.07) is 13.4. The van der Waals surface area contributed by atoms with Crippen LogP contribution in [0.3, 0.4) is 0 Å². The Morgan fingerprint density at radius 3 is 2.52 bits per heavy atom. The lowest BCUT2D eigenvalue weighted by molar-refractivity contribution is -0.116. The summed E-state index contributed by atoms with van der Waals surface area (Å²) in [5.41, 5.74) is 1.55. The zero-order valence-corrected chi connectivity index (χ0v) is 13.2. The van der Waals surface area contributed by atoms with Gasteiger partial charge in [0.2, 0.25) is 5.91 Å². The first-order valence-electron chi connectivity index (χ1n) is 7.97. The summed E-state index contributed by atoms with van der Waals surface area (Å²) in [4.78, 5) is 12.1. The second-order valence-electron chi connectivity index (χ2n) is 6.03. The molecule has 6 heteroatoms. The number of anilines is 1. The van der Waals surface area contributed by atoms with E-state index in [1.165, 1.54) is 18.2 Å². The van der Waals surface area contributed by atoms with Gasteiger partial charge in [-0.3, -0.25) is 4.79 Å². The number of nitrogens with one attached hydrogen (secondary N) is 1. The van der Waals surface area contributed by atoms with E-state index in [4.69, 9.17) is 0 Å². The van der Waals surface area contributed by atoms with Crippen molar-refractivity contribution in [3.05, 3.63) is 83.1 Å². The molecule has 0 fully saturated rings. The first-order chi connectivity index (χ1) is 12.1. The molecule has 25 heavy (non-hydrogen) atoms. The molecule has 0 bridgehead atoms. The molecule has 1 aliphatic rings. The van der Waals surface area contributed by atoms with E-state index in [2.05, 4.69) is 10.4 Å². The van der Waals surface area contributed by atoms with Crippen LogP contribution in [0.15, 0.2) is 54.7 Å². The van der Waals surface area contributed by atoms with Crippen LogP contribution in [-0.2, 0) is 11.3 Å². The second kappa shape index (κ2) is 6.12. The van der Waals surface area contributed by atoms with Crippen LogP contribution in [0, 0.1) is 11.6 Å². The zero-order chi connectivity index (χ0) is 17.4. The highest BCUT2D eigenvalue weighted by Gasteiger charge is 2.33. The predicted octanol–water partition coefficient (Wildman–Crippen LogP) is 3.68. The Morgan fingerprint density at radius 1 is 1.08 bits per heavy atom. The van der Waals surface area contributed by atoms with Crippen molar-refractivity contribution in [1.82, 2.24) is 9.78 Å². The number of aromatic nitrogens is 2. The number of amides is 1. The highest BCUT2D eigenvalue weighted by atomic mass is 19.1. The lowest BCUT2D eigenvalue weighted by atomic mass is 9.86. The Kier molecular flexibility index (Phi) is 3.80. The second-order valence-corrected chi connectivity index (χ2v) is 6.03. The Hall–Kier alpha value is -3.02. The number of carbonyl (C=O) groups excluding carboxylic acids is 1. The van der Waals surface area contributed by atoms with Gasteiger partial charge in [0, 0.05) is 23.5 Å². The molecule has 1 aromatic heterocycles. The normalized spacial score (nSPS) is 16.4. The number of rotatable bonds is 3. The minimum Gasteiger partial charge on any atom is -0.311 e. The van der Waals surface area contributed by atoms with Crippen molar-refractivity contribution in [2.75, 3.05) is 5.32 Å². The third-order valence-electron chi connectivity index (χ3n) is 4.41. The van der Waals surface area contributed by atoms with Gasteiger partial charge in [0.05, 0.1) is 12.7 Å². The van der Waals surface area contributed by atoms with Gasteiger partial charge in [0.15, 0.2) is 0 Å². The van der Waals surface area contributed by atoms with Gasteiger partial charge >= 0.3 is 0 Å². The summed E-state index contributed by atoms with van der Waals surface area (Å²) in [6.45, 7) is 0.461. The first-order valence-corrected chi connectivity index (χ1v) is 7.97. The Bertz CT molecular complexity index is 917. The molecule has 1 amide bonds. The molecule has 0 saturated carbocycles. The fourth-order valence-corrected chi connectivity index (χ4v) is 3.25. The van der Waals surface area contributed by atoms with Gasteiger partial charge < -0.3 is 5.32 Å². The van der Waals surface area contributed by atoms with Gasteiger partial charge in [0.1, 0.15) is 17.5 Å². The molecule has 126 valence electrons. The maximum absolute atomic E-state index is 14.2. The lowest BCUT2D eigenvalue weighted by Gasteiger charge is -2.24. The molecular formula is C19H15F2N3O. The van der Waals surface area contributed by atoms with Crippen molar-refractivity contribution in [2.45, 2.75) is 18.9 Å². The molecule has 1 N–H and O–H groups in total. The molecule has 1 aliphatic heterocycles. The van der Waals surface area contributed by atoms with E-state index >= 15 is 0 Å². The fraction of sp³-hybridized carbons (Fsp3) is 0.158. The Morgan fingerprint density at radius 2 is 1.80 bits per heavy atom. The number of hydrogen-bond acceptors (Lipinski definition) is 2. The van der Waals surface area contributed by atoms with E-state index in [0.29, 0.717) is 17.9 Å². The average Bonchev–Trinajstić information content (AvgIpc) is 2.98. The highest BCUT2D eigenvalue weighted by Crippen LogP contribution is 2.39. The summed E-state index contributed by atoms with van der Waals surface area (Å²) in [5, 5.41) is 7.10. The zero-order valence-electron chi connectivity index (χ0n) is 13.2. The molecule has 2 heterocycles. The highest BCUT2D eigenvalue weighted by molar-refractivity contribution is 5.94. The van der Waals surface area contributed by atoms with E-state index in [9.17, 15) is 13.6 Å². The number of hydrogen-bond donors (Lipinski definition) is 1. The van der Waals surface area contributed by atoms with Crippen molar-refractivity contribution < 1.29 is 13.6 Å². The van der Waals surface area contributed by atoms with E-state index in [1.54, 1.807) is 10.9 Å². The van der Waals surface area contributed by atoms with E-state index in [-0.39, 0.29) is 17.9 Å². The van der Waals surface area contributed by atoms with Gasteiger partial charge in [-0.25, -0.2) is 13.5 Å². The molecule has 0 spiro atoms. The predicted molar refractivity (Wildman–Crippen MR) is 89.2 cm³/mol. The summed E-state index contributed by atoms with van der Waals surface area (Å²) in [5.74, 6) is -1.78. The molecule has 0 saturated heterocycles. The summed E-state index contributed by atoms with van der Waals surface area (Å²) in [7, 11) is 0. The van der Waals surface area contributed by atoms with Crippen molar-refractivity contribution in [1.29, 1.82) is 0 Å². The lowest BCUT2D eigenvalue weighted by Crippen LogP contribution is -2.26. The van der Waals surface area contributed by atoms with E-state index < -0.39 is 17.6 Å². The van der Waals surface area contributed by atoms with Crippen molar-refractivity contribution in [3.8, 4) is 0 Å². The number of carbonyl (C=O) groups is 1. The van der Waals surface area contributed by atoms with Gasteiger partial charge in [-0.2, -0.15) is 5.10 Å². The number of nitrogens with zero attached hydrogens (tertiary/aromatic N) is 2. The van der Waals surface area contributed by atoms with Crippen LogP contribution in [0.5, 0.6) is 0 Å². The quantitative estimate of drug-likeness (QED) is 0.791. The third kappa shape index (κ3) is 2.80. The SMILES string of the molecule is O=C1C[C@@H](c2c(F)cccc2F)c2cnn(Cc3ccccc3)c2N1. The van der Waals surface area contributed by atoms with Crippen LogP contribution in [-0.4, -0.2) is 15.7 Å². The van der Waals surface area contributed by atoms with Crippen LogP contribution >= 0.6 is 0 Å². The Labute approximate surface area is 143 Å². The minimum absolute atomic E-state index is 0.0120. The van der Waals surface area contributed by atoms with E-state index in [0.717, 1.165) is 5.56 Å². The maximum atomic E-state index is 14.2. The molecular weight excluding hydrogens is 324 g/mol. The number of halogens is 2. The standard InChI is InChI=1S/C19H15F2N3O/c20-15-7-4-8-16(21)18(15)13-9-17(25)23-19-14(13)10-22-24(19)11-12-5-2-1-3-6-12/h1-8,10,13H,9,11H2,(H,23,25)/t13-/m1/s1. The molecule has 3 aromatic rings. The van der Waals surface area contributed by atoms with Gasteiger partial charge in [0.25, 0.3) is 0 Å². The topological polar surface area (TPSA) is 46.9 Å². The first kappa shape index (κ1) is 15.5. The van der Waals surface area contributed by atoms with Gasteiger partial charge in [-0.1, -0.05) is 36.4 Å². The maximum Gasteiger partial charge on any atom is 0.226 e. The molecule has 4 nitrogen and oxygen atoms in total. The van der Waals surface area contributed by atoms with Crippen LogP contribution in [0.25, 0.3) is 0 Å². The summed E-state index contributed by atoms with van der Waals surface area (Å²) >= 11 is 0. The fourth-order valence-electron chi connectivity index (χ4n) is 3.25. The van der Waals surface area contributed by atoms with Crippen LogP contribution in [0.1, 0.15) is 29.0 Å². The number of fused-ring (bicyclic) bond motifs is 1. The average molecular weight is 339 g/mol. The third-order valence-corrected chi connectivity index (χ3v) is 4.41. The minimum atomic E-state index is -0.686. The summed E-state index contributed by atoms with van der Waals surface area (Å²) in [6.07, 6.45) is 1.57. The number of benzene rings is 2. The van der Waals surface area contributed by atoms with Gasteiger partial charge in [-0.15, -0.1) is 0 Å². The van der Waals surface area contributed by atoms with Crippen LogP contribution in [0.4, 0.5) is 14.6 Å². The van der Waals surface area contributed by atoms with Crippen molar-refractivity contribution in [2.24, 2.45) is 0 Å². The van der Waals surface area contributed by atoms with Crippen LogP contribution in [0.2, 0.25) is 0 Å². The molecule has 2 aromatic carbocycles. The van der Waals surface area contributed by atoms with Crippen molar-refractivity contribution in [3.63, 3.8) is 0 Å². The van der Waals surface area contributed by atoms with Gasteiger partial charge in [-0.05, 0) is 17.7 Å². The molecule has 1 atom stereocenters. The summed E-state index contributed by atoms with van der Waals surface area (Å²) < 4.78 is 30.1. The molecule has 0 aliphatic carbocycles. The molecule has 0 radical (unpaired) electrons. The van der Waals surface area contributed by atoms with Crippen molar-refractivity contribution >= 4 is 11.7 Å². The molecule has 0 unspecified atom stereocenters. The van der Waals surface area contributed by atoms with E-state index in [1.807, 2.05) is 30.3 Å². The monoisotopic (exact) mass is 339 g/mol.